The van der Waals surface area contributed by atoms with E-state index in [2.05, 4.69) is 5.32 Å². The predicted molar refractivity (Wildman–Crippen MR) is 81.3 cm³/mol. The quantitative estimate of drug-likeness (QED) is 0.790. The van der Waals surface area contributed by atoms with Crippen LogP contribution in [0.2, 0.25) is 5.02 Å². The predicted octanol–water partition coefficient (Wildman–Crippen LogP) is 3.42. The minimum Gasteiger partial charge on any atom is -0.396 e. The maximum absolute atomic E-state index is 12.3. The van der Waals surface area contributed by atoms with Crippen LogP contribution in [0, 0.1) is 6.92 Å². The third-order valence-corrected chi connectivity index (χ3v) is 3.89. The van der Waals surface area contributed by atoms with Crippen molar-refractivity contribution >= 4 is 23.3 Å². The van der Waals surface area contributed by atoms with Crippen LogP contribution in [-0.2, 0) is 0 Å². The Hall–Kier alpha value is -1.26. The molecule has 0 atom stereocenters. The van der Waals surface area contributed by atoms with Crippen molar-refractivity contribution in [2.45, 2.75) is 38.6 Å². The van der Waals surface area contributed by atoms with E-state index in [1.165, 1.54) is 0 Å². The fourth-order valence-corrected chi connectivity index (χ4v) is 2.28. The maximum atomic E-state index is 12.3. The fourth-order valence-electron chi connectivity index (χ4n) is 2.10. The Labute approximate surface area is 124 Å². The van der Waals surface area contributed by atoms with Crippen molar-refractivity contribution in [2.75, 3.05) is 18.5 Å². The molecule has 0 radical (unpaired) electrons. The lowest BCUT2D eigenvalue weighted by molar-refractivity contribution is 0.204. The van der Waals surface area contributed by atoms with Crippen molar-refractivity contribution in [1.29, 1.82) is 0 Å². The summed E-state index contributed by atoms with van der Waals surface area (Å²) in [5.74, 6) is 0. The minimum absolute atomic E-state index is 0.0784. The summed E-state index contributed by atoms with van der Waals surface area (Å²) < 4.78 is 0. The molecule has 1 saturated carbocycles. The number of anilines is 1. The standard InChI is InChI=1S/C15H21ClN2O2/c1-11-4-5-12(10-14(11)16)17-15(20)18(13-6-7-13)8-2-3-9-19/h4-5,10,13,19H,2-3,6-9H2,1H3,(H,17,20). The van der Waals surface area contributed by atoms with Gasteiger partial charge in [0.25, 0.3) is 0 Å². The summed E-state index contributed by atoms with van der Waals surface area (Å²) in [6.45, 7) is 2.80. The largest absolute Gasteiger partial charge is 0.396 e. The van der Waals surface area contributed by atoms with Gasteiger partial charge in [-0.15, -0.1) is 0 Å². The van der Waals surface area contributed by atoms with Crippen molar-refractivity contribution in [3.05, 3.63) is 28.8 Å². The number of carbonyl (C=O) groups is 1. The van der Waals surface area contributed by atoms with Crippen molar-refractivity contribution in [2.24, 2.45) is 0 Å². The number of nitrogens with one attached hydrogen (secondary N) is 1. The number of rotatable bonds is 6. The summed E-state index contributed by atoms with van der Waals surface area (Å²) in [5.41, 5.74) is 1.71. The van der Waals surface area contributed by atoms with Gasteiger partial charge in [0.15, 0.2) is 0 Å². The van der Waals surface area contributed by atoms with Crippen LogP contribution in [0.5, 0.6) is 0 Å². The molecule has 2 N–H and O–H groups in total. The highest BCUT2D eigenvalue weighted by atomic mass is 35.5. The van der Waals surface area contributed by atoms with E-state index >= 15 is 0 Å². The lowest BCUT2D eigenvalue weighted by atomic mass is 10.2. The molecule has 1 aromatic rings. The Bertz CT molecular complexity index is 475. The van der Waals surface area contributed by atoms with E-state index in [-0.39, 0.29) is 12.6 Å². The van der Waals surface area contributed by atoms with Gasteiger partial charge in [0.05, 0.1) is 0 Å². The van der Waals surface area contributed by atoms with Crippen molar-refractivity contribution in [3.63, 3.8) is 0 Å². The van der Waals surface area contributed by atoms with Gasteiger partial charge in [-0.3, -0.25) is 0 Å². The van der Waals surface area contributed by atoms with Gasteiger partial charge in [-0.25, -0.2) is 4.79 Å². The second kappa shape index (κ2) is 6.95. The Morgan fingerprint density at radius 1 is 1.45 bits per heavy atom. The zero-order valence-electron chi connectivity index (χ0n) is 11.7. The zero-order chi connectivity index (χ0) is 14.5. The number of hydrogen-bond donors (Lipinski definition) is 2. The molecule has 0 saturated heterocycles. The van der Waals surface area contributed by atoms with Crippen LogP contribution < -0.4 is 5.32 Å². The van der Waals surface area contributed by atoms with Crippen LogP contribution in [0.3, 0.4) is 0 Å². The highest BCUT2D eigenvalue weighted by molar-refractivity contribution is 6.31. The van der Waals surface area contributed by atoms with E-state index in [0.717, 1.165) is 36.9 Å². The number of benzene rings is 1. The fraction of sp³-hybridized carbons (Fsp3) is 0.533. The Morgan fingerprint density at radius 2 is 2.20 bits per heavy atom. The van der Waals surface area contributed by atoms with E-state index in [0.29, 0.717) is 17.6 Å². The average Bonchev–Trinajstić information content (AvgIpc) is 3.23. The SMILES string of the molecule is Cc1ccc(NC(=O)N(CCCCO)C2CC2)cc1Cl. The number of aliphatic hydroxyl groups is 1. The van der Waals surface area contributed by atoms with Crippen LogP contribution in [0.15, 0.2) is 18.2 Å². The molecule has 0 aliphatic heterocycles. The van der Waals surface area contributed by atoms with Gasteiger partial charge in [0.1, 0.15) is 0 Å². The molecule has 0 unspecified atom stereocenters. The number of urea groups is 1. The number of aryl methyl sites for hydroxylation is 1. The van der Waals surface area contributed by atoms with Gasteiger partial charge in [-0.2, -0.15) is 0 Å². The summed E-state index contributed by atoms with van der Waals surface area (Å²) in [7, 11) is 0. The molecule has 0 bridgehead atoms. The molecule has 20 heavy (non-hydrogen) atoms. The molecule has 0 spiro atoms. The van der Waals surface area contributed by atoms with Crippen LogP contribution in [0.25, 0.3) is 0 Å². The van der Waals surface area contributed by atoms with Gasteiger partial charge in [0.2, 0.25) is 0 Å². The second-order valence-electron chi connectivity index (χ2n) is 5.25. The van der Waals surface area contributed by atoms with E-state index in [1.54, 1.807) is 6.07 Å². The first kappa shape index (κ1) is 15.1. The third-order valence-electron chi connectivity index (χ3n) is 3.48. The molecule has 2 rings (SSSR count). The summed E-state index contributed by atoms with van der Waals surface area (Å²) in [6.07, 6.45) is 3.70. The third kappa shape index (κ3) is 4.12. The van der Waals surface area contributed by atoms with Gasteiger partial charge in [0, 0.05) is 29.9 Å². The molecule has 5 heteroatoms. The molecule has 1 aliphatic rings. The van der Waals surface area contributed by atoms with Gasteiger partial charge in [-0.1, -0.05) is 17.7 Å². The van der Waals surface area contributed by atoms with Crippen molar-refractivity contribution in [3.8, 4) is 0 Å². The molecule has 1 aromatic carbocycles. The van der Waals surface area contributed by atoms with Crippen molar-refractivity contribution in [1.82, 2.24) is 4.90 Å². The van der Waals surface area contributed by atoms with Crippen LogP contribution in [0.1, 0.15) is 31.2 Å². The number of amides is 2. The first-order valence-corrected chi connectivity index (χ1v) is 7.44. The molecule has 2 amide bonds. The number of aliphatic hydroxyl groups excluding tert-OH is 1. The van der Waals surface area contributed by atoms with E-state index in [1.807, 2.05) is 24.0 Å². The first-order valence-electron chi connectivity index (χ1n) is 7.06. The molecule has 4 nitrogen and oxygen atoms in total. The van der Waals surface area contributed by atoms with Crippen LogP contribution in [0.4, 0.5) is 10.5 Å². The lowest BCUT2D eigenvalue weighted by Crippen LogP contribution is -2.37. The van der Waals surface area contributed by atoms with Crippen molar-refractivity contribution < 1.29 is 9.90 Å². The Balaban J connectivity index is 1.95. The molecule has 110 valence electrons. The number of unbranched alkanes of at least 4 members (excludes halogenated alkanes) is 1. The number of nitrogens with zero attached hydrogens (tertiary/aromatic N) is 1. The highest BCUT2D eigenvalue weighted by Crippen LogP contribution is 2.28. The van der Waals surface area contributed by atoms with Gasteiger partial charge >= 0.3 is 6.03 Å². The van der Waals surface area contributed by atoms with E-state index < -0.39 is 0 Å². The number of hydrogen-bond acceptors (Lipinski definition) is 2. The van der Waals surface area contributed by atoms with Gasteiger partial charge < -0.3 is 15.3 Å². The number of halogens is 1. The van der Waals surface area contributed by atoms with E-state index in [4.69, 9.17) is 16.7 Å². The molecule has 1 fully saturated rings. The first-order chi connectivity index (χ1) is 9.61. The minimum atomic E-state index is -0.0784. The summed E-state index contributed by atoms with van der Waals surface area (Å²) in [4.78, 5) is 14.2. The normalized spacial score (nSPS) is 14.2. The highest BCUT2D eigenvalue weighted by Gasteiger charge is 2.32. The lowest BCUT2D eigenvalue weighted by Gasteiger charge is -2.23. The topological polar surface area (TPSA) is 52.6 Å². The van der Waals surface area contributed by atoms with Gasteiger partial charge in [-0.05, 0) is 50.3 Å². The summed E-state index contributed by atoms with van der Waals surface area (Å²) >= 11 is 6.06. The summed E-state index contributed by atoms with van der Waals surface area (Å²) in [5, 5.41) is 12.4. The van der Waals surface area contributed by atoms with Crippen LogP contribution in [-0.4, -0.2) is 35.2 Å². The monoisotopic (exact) mass is 296 g/mol. The Kier molecular flexibility index (Phi) is 5.26. The maximum Gasteiger partial charge on any atom is 0.322 e. The zero-order valence-corrected chi connectivity index (χ0v) is 12.5. The second-order valence-corrected chi connectivity index (χ2v) is 5.66. The summed E-state index contributed by atoms with van der Waals surface area (Å²) in [6, 6.07) is 5.80. The van der Waals surface area contributed by atoms with Crippen LogP contribution >= 0.6 is 11.6 Å². The molecule has 0 aromatic heterocycles. The molecular weight excluding hydrogens is 276 g/mol. The number of carbonyl (C=O) groups excluding carboxylic acids is 1. The average molecular weight is 297 g/mol. The smallest absolute Gasteiger partial charge is 0.322 e. The molecule has 1 aliphatic carbocycles. The van der Waals surface area contributed by atoms with E-state index in [9.17, 15) is 4.79 Å². The Morgan fingerprint density at radius 3 is 2.80 bits per heavy atom. The molecular formula is C15H21ClN2O2. The molecule has 0 heterocycles.